The number of hydrogen-bond acceptors (Lipinski definition) is 12. The molecule has 334 valence electrons. The van der Waals surface area contributed by atoms with Gasteiger partial charge < -0.3 is 30.7 Å². The summed E-state index contributed by atoms with van der Waals surface area (Å²) in [6.07, 6.45) is 9.59. The average Bonchev–Trinajstić information content (AvgIpc) is 3.25. The van der Waals surface area contributed by atoms with Gasteiger partial charge in [0.2, 0.25) is 0 Å². The first-order valence-corrected chi connectivity index (χ1v) is 33.8. The highest BCUT2D eigenvalue weighted by molar-refractivity contribution is 8.55. The van der Waals surface area contributed by atoms with Crippen molar-refractivity contribution < 1.29 is 14.2 Å². The normalized spacial score (nSPS) is 17.6. The fourth-order valence-corrected chi connectivity index (χ4v) is 15.9. The first kappa shape index (κ1) is 54.0. The molecule has 0 spiro atoms. The summed E-state index contributed by atoms with van der Waals surface area (Å²) in [6.45, 7) is 11.7. The number of ether oxygens (including phenoxy) is 3. The predicted molar refractivity (Wildman–Crippen MR) is 282 cm³/mol. The second-order valence-electron chi connectivity index (χ2n) is 14.7. The largest absolute Gasteiger partial charge is 0.481 e. The Morgan fingerprint density at radius 3 is 1.41 bits per heavy atom. The standard InChI is InChI=1S/C39H62ClN9O3P6S3/c1-11-14-27-39(6,54(42)57(43)53-41)52-36-25-17-32(18-26-36)29-45-48(8)55(59)37(4,12-2)50-34-21-15-31(16-22-34)28-44-47(7)56(60)38(5,13-3)51-35-23-19-33(20-24-35)30-46-49(9)58(10,40)61/h15-26,28-30,53H,11-14,27,41-43H2,1-10H3/q+2/b44-28+,45-29+,46-30+. The SMILES string of the molecule is CCCCC(C)(Oc1ccc(/C=N/N(C)[P+](=S)C(C)(CC)Oc2ccc(/C=N/N(C)[P+](=S)C(C)(CC)Oc3ccc(/C=N/N(C)P(C)(=S)Cl)cc3)cc2)cc1)P(N)P(N)PN. The lowest BCUT2D eigenvalue weighted by Gasteiger charge is -2.38. The summed E-state index contributed by atoms with van der Waals surface area (Å²) < 4.78 is 24.8. The van der Waals surface area contributed by atoms with Gasteiger partial charge in [0.25, 0.3) is 10.7 Å². The lowest BCUT2D eigenvalue weighted by molar-refractivity contribution is 0.167. The zero-order valence-corrected chi connectivity index (χ0v) is 45.4. The van der Waals surface area contributed by atoms with Gasteiger partial charge in [-0.3, -0.25) is 4.78 Å². The van der Waals surface area contributed by atoms with Crippen molar-refractivity contribution in [3.8, 4) is 17.2 Å². The third-order valence-corrected chi connectivity index (χ3v) is 28.2. The molecule has 0 heterocycles. The maximum atomic E-state index is 6.63. The summed E-state index contributed by atoms with van der Waals surface area (Å²) >= 11 is 23.7. The van der Waals surface area contributed by atoms with E-state index in [0.717, 1.165) is 41.7 Å². The van der Waals surface area contributed by atoms with Crippen molar-refractivity contribution >= 4 is 108 Å². The Bertz CT molecular complexity index is 2040. The molecule has 12 nitrogen and oxygen atoms in total. The van der Waals surface area contributed by atoms with Crippen LogP contribution in [0.5, 0.6) is 17.2 Å². The second kappa shape index (κ2) is 24.8. The molecule has 9 atom stereocenters. The van der Waals surface area contributed by atoms with Crippen molar-refractivity contribution in [3.63, 3.8) is 0 Å². The highest BCUT2D eigenvalue weighted by atomic mass is 35.7. The van der Waals surface area contributed by atoms with Crippen molar-refractivity contribution in [3.05, 3.63) is 89.5 Å². The number of benzene rings is 3. The Labute approximate surface area is 390 Å². The maximum Gasteiger partial charge on any atom is 0.358 e. The molecule has 9 unspecified atom stereocenters. The molecule has 3 aromatic rings. The second-order valence-corrected chi connectivity index (χ2v) is 36.3. The zero-order valence-electron chi connectivity index (χ0n) is 36.7. The van der Waals surface area contributed by atoms with Crippen molar-refractivity contribution in [2.75, 3.05) is 27.8 Å². The number of halogens is 1. The summed E-state index contributed by atoms with van der Waals surface area (Å²) in [5.74, 6) is 2.17. The van der Waals surface area contributed by atoms with Crippen LogP contribution in [0, 0.1) is 0 Å². The van der Waals surface area contributed by atoms with Crippen molar-refractivity contribution in [2.24, 2.45) is 31.8 Å². The monoisotopic (exact) mass is 1020 g/mol. The van der Waals surface area contributed by atoms with Gasteiger partial charge in [-0.25, -0.2) is 0 Å². The van der Waals surface area contributed by atoms with Gasteiger partial charge in [-0.1, -0.05) is 50.2 Å². The van der Waals surface area contributed by atoms with E-state index in [1.165, 1.54) is 0 Å². The van der Waals surface area contributed by atoms with Gasteiger partial charge in [0.1, 0.15) is 28.1 Å². The van der Waals surface area contributed by atoms with E-state index >= 15 is 0 Å². The van der Waals surface area contributed by atoms with E-state index in [9.17, 15) is 0 Å². The zero-order chi connectivity index (χ0) is 45.6. The average molecular weight is 1020 g/mol. The van der Waals surface area contributed by atoms with E-state index in [1.54, 1.807) is 30.5 Å². The van der Waals surface area contributed by atoms with E-state index in [4.69, 9.17) is 87.6 Å². The van der Waals surface area contributed by atoms with Crippen LogP contribution in [-0.2, 0) is 35.4 Å². The van der Waals surface area contributed by atoms with Crippen LogP contribution in [0.3, 0.4) is 0 Å². The number of hydrazone groups is 3. The molecule has 0 fully saturated rings. The Kier molecular flexibility index (Phi) is 21.9. The quantitative estimate of drug-likeness (QED) is 0.0421. The molecule has 0 radical (unpaired) electrons. The summed E-state index contributed by atoms with van der Waals surface area (Å²) in [4.78, 5) is 0. The van der Waals surface area contributed by atoms with Crippen LogP contribution in [0.2, 0.25) is 0 Å². The van der Waals surface area contributed by atoms with Gasteiger partial charge >= 0.3 is 13.7 Å². The van der Waals surface area contributed by atoms with Crippen LogP contribution >= 0.6 is 54.1 Å². The van der Waals surface area contributed by atoms with Gasteiger partial charge in [-0.15, -0.1) is 19.8 Å². The van der Waals surface area contributed by atoms with E-state index in [0.29, 0.717) is 24.3 Å². The molecule has 0 aliphatic rings. The molecule has 3 rings (SSSR count). The van der Waals surface area contributed by atoms with E-state index < -0.39 is 50.5 Å². The van der Waals surface area contributed by atoms with Crippen LogP contribution in [0.15, 0.2) is 88.1 Å². The lowest BCUT2D eigenvalue weighted by Crippen LogP contribution is -2.32. The Morgan fingerprint density at radius 2 is 1.08 bits per heavy atom. The van der Waals surface area contributed by atoms with Crippen molar-refractivity contribution in [1.82, 2.24) is 14.3 Å². The molecule has 0 aliphatic carbocycles. The number of hydrogen-bond donors (Lipinski definition) is 3. The molecule has 61 heavy (non-hydrogen) atoms. The molecule has 0 saturated heterocycles. The summed E-state index contributed by atoms with van der Waals surface area (Å²) in [5.41, 5.74) is 19.4. The molecule has 6 N–H and O–H groups in total. The van der Waals surface area contributed by atoms with Crippen LogP contribution in [0.25, 0.3) is 0 Å². The molecule has 3 aromatic carbocycles. The van der Waals surface area contributed by atoms with Crippen LogP contribution in [0.1, 0.15) is 90.3 Å². The van der Waals surface area contributed by atoms with Crippen LogP contribution in [-0.4, -0.2) is 76.8 Å². The minimum atomic E-state index is -2.15. The highest BCUT2D eigenvalue weighted by Crippen LogP contribution is 2.74. The molecule has 22 heteroatoms. The Hall–Kier alpha value is -1.38. The minimum absolute atomic E-state index is 0.133. The van der Waals surface area contributed by atoms with Gasteiger partial charge in [0.15, 0.2) is 23.6 Å². The Balaban J connectivity index is 1.61. The molecule has 0 aromatic heterocycles. The number of nitrogens with two attached hydrogens (primary N) is 3. The predicted octanol–water partition coefficient (Wildman–Crippen LogP) is 12.2. The Morgan fingerprint density at radius 1 is 0.721 bits per heavy atom. The third-order valence-electron chi connectivity index (χ3n) is 9.78. The smallest absolute Gasteiger partial charge is 0.358 e. The van der Waals surface area contributed by atoms with Crippen molar-refractivity contribution in [1.29, 1.82) is 0 Å². The van der Waals surface area contributed by atoms with E-state index in [-0.39, 0.29) is 8.42 Å². The molecule has 0 aliphatic heterocycles. The van der Waals surface area contributed by atoms with Gasteiger partial charge in [0, 0.05) is 41.2 Å². The molecular formula is C39H62ClN9O3P6S3+2. The molecule has 0 amide bonds. The highest BCUT2D eigenvalue weighted by Gasteiger charge is 2.46. The third kappa shape index (κ3) is 16.2. The van der Waals surface area contributed by atoms with Crippen LogP contribution < -0.4 is 30.7 Å². The first-order valence-electron chi connectivity index (χ1n) is 19.6. The summed E-state index contributed by atoms with van der Waals surface area (Å²) in [7, 11) is 3.66. The van der Waals surface area contributed by atoms with Gasteiger partial charge in [0.05, 0.1) is 40.5 Å². The number of unbranched alkanes of at least 4 members (excludes halogenated alkanes) is 1. The summed E-state index contributed by atoms with van der Waals surface area (Å²) in [6, 6.07) is 23.3. The van der Waals surface area contributed by atoms with E-state index in [2.05, 4.69) is 32.8 Å². The summed E-state index contributed by atoms with van der Waals surface area (Å²) in [5, 5.41) is 12.0. The lowest BCUT2D eigenvalue weighted by atomic mass is 10.1. The van der Waals surface area contributed by atoms with Crippen molar-refractivity contribution in [2.45, 2.75) is 89.7 Å². The minimum Gasteiger partial charge on any atom is -0.481 e. The number of nitrogens with zero attached hydrogens (tertiary/aromatic N) is 6. The first-order chi connectivity index (χ1) is 28.6. The fourth-order valence-electron chi connectivity index (χ4n) is 5.38. The fraction of sp³-hybridized carbons (Fsp3) is 0.462. The van der Waals surface area contributed by atoms with Gasteiger partial charge in [-0.2, -0.15) is 5.10 Å². The molecular weight excluding hydrogens is 960 g/mol. The molecule has 0 saturated carbocycles. The topological polar surface area (TPSA) is 153 Å². The number of rotatable bonds is 25. The molecule has 0 bridgehead atoms. The van der Waals surface area contributed by atoms with Crippen LogP contribution in [0.4, 0.5) is 0 Å². The maximum absolute atomic E-state index is 6.63. The van der Waals surface area contributed by atoms with Gasteiger partial charge in [-0.05, 0) is 124 Å². The van der Waals surface area contributed by atoms with E-state index in [1.807, 2.05) is 117 Å².